The van der Waals surface area contributed by atoms with Gasteiger partial charge in [-0.25, -0.2) is 0 Å². The third-order valence-corrected chi connectivity index (χ3v) is 4.41. The largest absolute Gasteiger partial charge is 0.511 e. The summed E-state index contributed by atoms with van der Waals surface area (Å²) in [5.74, 6) is 0.733. The van der Waals surface area contributed by atoms with Crippen LogP contribution in [0.25, 0.3) is 0 Å². The van der Waals surface area contributed by atoms with Gasteiger partial charge in [0.15, 0.2) is 5.78 Å². The molecular weight excluding hydrogens is 282 g/mol. The molecule has 0 saturated carbocycles. The summed E-state index contributed by atoms with van der Waals surface area (Å²) in [7, 11) is 0. The van der Waals surface area contributed by atoms with Crippen LogP contribution in [0.4, 0.5) is 0 Å². The number of rotatable bonds is 6. The second-order valence-electron chi connectivity index (χ2n) is 6.10. The normalized spacial score (nSPS) is 27.2. The second-order valence-corrected chi connectivity index (χ2v) is 6.10. The van der Waals surface area contributed by atoms with E-state index in [2.05, 4.69) is 5.16 Å². The zero-order valence-corrected chi connectivity index (χ0v) is 13.6. The average Bonchev–Trinajstić information content (AvgIpc) is 2.52. The summed E-state index contributed by atoms with van der Waals surface area (Å²) >= 11 is 0. The molecule has 0 bridgehead atoms. The minimum Gasteiger partial charge on any atom is -0.511 e. The number of oxime groups is 1. The fourth-order valence-electron chi connectivity index (χ4n) is 3.32. The van der Waals surface area contributed by atoms with Crippen LogP contribution >= 0.6 is 0 Å². The monoisotopic (exact) mass is 309 g/mol. The molecule has 0 spiro atoms. The van der Waals surface area contributed by atoms with Crippen molar-refractivity contribution in [3.63, 3.8) is 0 Å². The molecule has 22 heavy (non-hydrogen) atoms. The predicted octanol–water partition coefficient (Wildman–Crippen LogP) is 3.40. The summed E-state index contributed by atoms with van der Waals surface area (Å²) in [5, 5.41) is 14.5. The highest BCUT2D eigenvalue weighted by Crippen LogP contribution is 2.35. The zero-order valence-electron chi connectivity index (χ0n) is 13.6. The molecule has 1 saturated heterocycles. The van der Waals surface area contributed by atoms with Gasteiger partial charge < -0.3 is 14.7 Å². The van der Waals surface area contributed by atoms with E-state index in [1.165, 1.54) is 0 Å². The van der Waals surface area contributed by atoms with Gasteiger partial charge in [0.1, 0.15) is 12.4 Å². The van der Waals surface area contributed by atoms with Crippen molar-refractivity contribution in [1.82, 2.24) is 0 Å². The summed E-state index contributed by atoms with van der Waals surface area (Å²) in [6.07, 6.45) is 4.64. The maximum absolute atomic E-state index is 12.5. The zero-order chi connectivity index (χ0) is 15.9. The van der Waals surface area contributed by atoms with Gasteiger partial charge in [-0.05, 0) is 38.0 Å². The number of aliphatic hydroxyl groups excluding tert-OH is 1. The first-order valence-electron chi connectivity index (χ1n) is 8.39. The maximum atomic E-state index is 12.5. The first-order valence-corrected chi connectivity index (χ1v) is 8.39. The van der Waals surface area contributed by atoms with Crippen LogP contribution in [0.15, 0.2) is 16.5 Å². The molecule has 0 radical (unpaired) electrons. The van der Waals surface area contributed by atoms with E-state index in [4.69, 9.17) is 9.57 Å². The van der Waals surface area contributed by atoms with Gasteiger partial charge in [-0.15, -0.1) is 0 Å². The molecule has 2 rings (SSSR count). The van der Waals surface area contributed by atoms with Crippen LogP contribution in [0.1, 0.15) is 52.4 Å². The molecule has 0 aromatic carbocycles. The molecule has 2 unspecified atom stereocenters. The van der Waals surface area contributed by atoms with Crippen molar-refractivity contribution in [2.75, 3.05) is 19.8 Å². The van der Waals surface area contributed by atoms with Gasteiger partial charge in [0.2, 0.25) is 0 Å². The molecule has 0 amide bonds. The molecule has 1 heterocycles. The van der Waals surface area contributed by atoms with Crippen LogP contribution in [0.5, 0.6) is 0 Å². The van der Waals surface area contributed by atoms with Crippen molar-refractivity contribution < 1.29 is 19.5 Å². The average molecular weight is 309 g/mol. The summed E-state index contributed by atoms with van der Waals surface area (Å²) in [5.41, 5.74) is 0.980. The van der Waals surface area contributed by atoms with Crippen LogP contribution in [0, 0.1) is 11.8 Å². The van der Waals surface area contributed by atoms with Gasteiger partial charge >= 0.3 is 0 Å². The van der Waals surface area contributed by atoms with Crippen molar-refractivity contribution in [2.45, 2.75) is 52.4 Å². The number of nitrogens with zero attached hydrogens (tertiary/aromatic N) is 1. The van der Waals surface area contributed by atoms with Gasteiger partial charge in [0.05, 0.1) is 11.3 Å². The Bertz CT molecular complexity index is 450. The van der Waals surface area contributed by atoms with E-state index in [1.54, 1.807) is 0 Å². The number of aliphatic hydroxyl groups is 1. The number of carbonyl (C=O) groups excluding carboxylic acids is 1. The number of carbonyl (C=O) groups is 1. The molecule has 1 aliphatic carbocycles. The summed E-state index contributed by atoms with van der Waals surface area (Å²) in [6.45, 7) is 5.84. The van der Waals surface area contributed by atoms with Gasteiger partial charge in [-0.2, -0.15) is 0 Å². The Morgan fingerprint density at radius 2 is 2.18 bits per heavy atom. The van der Waals surface area contributed by atoms with Crippen LogP contribution in [0.2, 0.25) is 0 Å². The molecule has 124 valence electrons. The highest BCUT2D eigenvalue weighted by molar-refractivity contribution is 6.23. The molecule has 0 aromatic heterocycles. The Morgan fingerprint density at radius 1 is 1.36 bits per heavy atom. The molecule has 5 heteroatoms. The lowest BCUT2D eigenvalue weighted by atomic mass is 9.76. The highest BCUT2D eigenvalue weighted by atomic mass is 16.6. The Kier molecular flexibility index (Phi) is 6.43. The third kappa shape index (κ3) is 4.09. The number of hydrogen-bond acceptors (Lipinski definition) is 5. The molecular formula is C17H27NO4. The fourth-order valence-corrected chi connectivity index (χ4v) is 3.32. The van der Waals surface area contributed by atoms with Crippen LogP contribution in [-0.4, -0.2) is 36.4 Å². The Labute approximate surface area is 132 Å². The van der Waals surface area contributed by atoms with E-state index in [1.807, 2.05) is 13.8 Å². The number of ketones is 1. The summed E-state index contributed by atoms with van der Waals surface area (Å²) in [4.78, 5) is 17.7. The standard InChI is InChI=1S/C17H27NO4/c1-3-6-14(18-22-4-2)17-15(19)9-13(10-16(17)20)12-7-5-8-21-11-12/h12-13,19H,3-11H2,1-2H3. The van der Waals surface area contributed by atoms with Crippen molar-refractivity contribution in [1.29, 1.82) is 0 Å². The van der Waals surface area contributed by atoms with Crippen LogP contribution in [-0.2, 0) is 14.4 Å². The predicted molar refractivity (Wildman–Crippen MR) is 84.9 cm³/mol. The molecule has 2 aliphatic rings. The Morgan fingerprint density at radius 3 is 2.77 bits per heavy atom. The molecule has 0 aromatic rings. The van der Waals surface area contributed by atoms with E-state index < -0.39 is 0 Å². The summed E-state index contributed by atoms with van der Waals surface area (Å²) < 4.78 is 5.52. The number of allylic oxidation sites excluding steroid dienone is 2. The minimum atomic E-state index is -0.00812. The number of Topliss-reactive ketones (excluding diaryl/α,β-unsaturated/α-hetero) is 1. The van der Waals surface area contributed by atoms with E-state index in [0.29, 0.717) is 49.7 Å². The lowest BCUT2D eigenvalue weighted by molar-refractivity contribution is -0.117. The van der Waals surface area contributed by atoms with E-state index >= 15 is 0 Å². The van der Waals surface area contributed by atoms with Crippen molar-refractivity contribution in [2.24, 2.45) is 17.0 Å². The van der Waals surface area contributed by atoms with E-state index in [0.717, 1.165) is 25.9 Å². The minimum absolute atomic E-state index is 0.00812. The van der Waals surface area contributed by atoms with E-state index in [9.17, 15) is 9.90 Å². The smallest absolute Gasteiger partial charge is 0.168 e. The maximum Gasteiger partial charge on any atom is 0.168 e. The fraction of sp³-hybridized carbons (Fsp3) is 0.765. The Hall–Kier alpha value is -1.36. The van der Waals surface area contributed by atoms with Gasteiger partial charge in [0.25, 0.3) is 0 Å². The molecule has 1 aliphatic heterocycles. The summed E-state index contributed by atoms with van der Waals surface area (Å²) in [6, 6.07) is 0. The quantitative estimate of drug-likeness (QED) is 0.603. The van der Waals surface area contributed by atoms with Crippen molar-refractivity contribution in [3.8, 4) is 0 Å². The number of hydrogen-bond donors (Lipinski definition) is 1. The molecule has 1 N–H and O–H groups in total. The van der Waals surface area contributed by atoms with Gasteiger partial charge in [-0.1, -0.05) is 18.5 Å². The second kappa shape index (κ2) is 8.32. The lowest BCUT2D eigenvalue weighted by Crippen LogP contribution is -2.32. The first kappa shape index (κ1) is 17.0. The van der Waals surface area contributed by atoms with Crippen LogP contribution in [0.3, 0.4) is 0 Å². The molecule has 2 atom stereocenters. The highest BCUT2D eigenvalue weighted by Gasteiger charge is 2.35. The van der Waals surface area contributed by atoms with Crippen molar-refractivity contribution >= 4 is 11.5 Å². The topological polar surface area (TPSA) is 68.1 Å². The SMILES string of the molecule is CCCC(=NOCC)C1=C(O)CC(C2CCCOC2)CC1=O. The lowest BCUT2D eigenvalue weighted by Gasteiger charge is -2.32. The first-order chi connectivity index (χ1) is 10.7. The van der Waals surface area contributed by atoms with Crippen molar-refractivity contribution in [3.05, 3.63) is 11.3 Å². The number of ether oxygens (including phenoxy) is 1. The van der Waals surface area contributed by atoms with Gasteiger partial charge in [-0.3, -0.25) is 4.79 Å². The molecule has 1 fully saturated rings. The van der Waals surface area contributed by atoms with Crippen LogP contribution < -0.4 is 0 Å². The molecule has 5 nitrogen and oxygen atoms in total. The Balaban J connectivity index is 2.15. The van der Waals surface area contributed by atoms with E-state index in [-0.39, 0.29) is 17.5 Å². The third-order valence-electron chi connectivity index (χ3n) is 4.41. The van der Waals surface area contributed by atoms with Gasteiger partial charge in [0, 0.05) is 26.1 Å².